The monoisotopic (exact) mass is 430 g/mol. The Labute approximate surface area is 182 Å². The third kappa shape index (κ3) is 4.59. The van der Waals surface area contributed by atoms with Crippen LogP contribution in [0.2, 0.25) is 0 Å². The second-order valence-electron chi connectivity index (χ2n) is 7.23. The van der Waals surface area contributed by atoms with Crippen molar-refractivity contribution in [1.82, 2.24) is 0 Å². The van der Waals surface area contributed by atoms with Gasteiger partial charge in [0.15, 0.2) is 0 Å². The van der Waals surface area contributed by atoms with Crippen molar-refractivity contribution in [2.45, 2.75) is 0 Å². The highest BCUT2D eigenvalue weighted by atomic mass is 32.2. The fourth-order valence-electron chi connectivity index (χ4n) is 3.59. The molecule has 4 rings (SSSR count). The molecule has 0 saturated heterocycles. The maximum atomic E-state index is 12.9. The Morgan fingerprint density at radius 2 is 1.45 bits per heavy atom. The van der Waals surface area contributed by atoms with Gasteiger partial charge in [0.25, 0.3) is 0 Å². The van der Waals surface area contributed by atoms with Crippen molar-refractivity contribution >= 4 is 38.1 Å². The highest BCUT2D eigenvalue weighted by molar-refractivity contribution is 7.92. The van der Waals surface area contributed by atoms with Crippen molar-refractivity contribution < 1.29 is 13.2 Å². The van der Waals surface area contributed by atoms with Crippen LogP contribution in [0.15, 0.2) is 97.1 Å². The summed E-state index contributed by atoms with van der Waals surface area (Å²) in [4.78, 5) is 12.9. The molecular weight excluding hydrogens is 408 g/mol. The van der Waals surface area contributed by atoms with E-state index in [0.717, 1.165) is 32.5 Å². The van der Waals surface area contributed by atoms with Gasteiger partial charge in [-0.1, -0.05) is 84.9 Å². The molecule has 1 amide bonds. The molecule has 0 bridgehead atoms. The number of para-hydroxylation sites is 1. The van der Waals surface area contributed by atoms with Crippen LogP contribution in [0.3, 0.4) is 0 Å². The van der Waals surface area contributed by atoms with Gasteiger partial charge in [0.1, 0.15) is 6.54 Å². The molecule has 0 radical (unpaired) electrons. The summed E-state index contributed by atoms with van der Waals surface area (Å²) in [7, 11) is -3.69. The summed E-state index contributed by atoms with van der Waals surface area (Å²) in [5.41, 5.74) is 2.94. The molecule has 0 spiro atoms. The summed E-state index contributed by atoms with van der Waals surface area (Å²) in [5.74, 6) is -0.415. The smallest absolute Gasteiger partial charge is 0.245 e. The van der Waals surface area contributed by atoms with Crippen LogP contribution < -0.4 is 9.62 Å². The summed E-state index contributed by atoms with van der Waals surface area (Å²) in [5, 5.41) is 4.56. The third-order valence-electron chi connectivity index (χ3n) is 5.01. The van der Waals surface area contributed by atoms with E-state index in [4.69, 9.17) is 0 Å². The molecule has 0 aliphatic rings. The Morgan fingerprint density at radius 1 is 0.806 bits per heavy atom. The van der Waals surface area contributed by atoms with E-state index in [-0.39, 0.29) is 6.54 Å². The van der Waals surface area contributed by atoms with Crippen molar-refractivity contribution in [2.24, 2.45) is 0 Å². The lowest BCUT2D eigenvalue weighted by Gasteiger charge is -2.23. The Hall–Kier alpha value is -3.64. The van der Waals surface area contributed by atoms with Crippen LogP contribution in [0.25, 0.3) is 21.9 Å². The summed E-state index contributed by atoms with van der Waals surface area (Å²) in [6, 6.07) is 30.1. The minimum absolute atomic E-state index is 0.323. The molecule has 0 aliphatic carbocycles. The van der Waals surface area contributed by atoms with Crippen LogP contribution in [-0.4, -0.2) is 27.1 Å². The van der Waals surface area contributed by atoms with E-state index in [9.17, 15) is 13.2 Å². The molecule has 4 aromatic carbocycles. The number of rotatable bonds is 6. The summed E-state index contributed by atoms with van der Waals surface area (Å²) in [6.45, 7) is -0.323. The summed E-state index contributed by atoms with van der Waals surface area (Å²) < 4.78 is 26.3. The van der Waals surface area contributed by atoms with Crippen molar-refractivity contribution in [3.05, 3.63) is 97.1 Å². The van der Waals surface area contributed by atoms with Crippen LogP contribution in [0.4, 0.5) is 11.4 Å². The van der Waals surface area contributed by atoms with Crippen LogP contribution in [-0.2, 0) is 14.8 Å². The minimum Gasteiger partial charge on any atom is -0.324 e. The average Bonchev–Trinajstić information content (AvgIpc) is 2.77. The number of hydrogen-bond donors (Lipinski definition) is 1. The van der Waals surface area contributed by atoms with Gasteiger partial charge in [-0.05, 0) is 23.1 Å². The minimum atomic E-state index is -3.69. The van der Waals surface area contributed by atoms with Crippen molar-refractivity contribution in [3.8, 4) is 11.1 Å². The number of carbonyl (C=O) groups excluding carboxylic acids is 1. The van der Waals surface area contributed by atoms with Crippen LogP contribution >= 0.6 is 0 Å². The normalized spacial score (nSPS) is 11.3. The fourth-order valence-corrected chi connectivity index (χ4v) is 4.46. The average molecular weight is 431 g/mol. The predicted octanol–water partition coefficient (Wildman–Crippen LogP) is 4.91. The highest BCUT2D eigenvalue weighted by Gasteiger charge is 2.23. The zero-order valence-electron chi connectivity index (χ0n) is 17.0. The molecule has 156 valence electrons. The largest absolute Gasteiger partial charge is 0.324 e. The van der Waals surface area contributed by atoms with Crippen LogP contribution in [0.5, 0.6) is 0 Å². The van der Waals surface area contributed by atoms with E-state index >= 15 is 0 Å². The number of carbonyl (C=O) groups is 1. The van der Waals surface area contributed by atoms with Gasteiger partial charge in [-0.2, -0.15) is 0 Å². The zero-order valence-corrected chi connectivity index (χ0v) is 17.8. The van der Waals surface area contributed by atoms with Gasteiger partial charge in [0.2, 0.25) is 15.9 Å². The van der Waals surface area contributed by atoms with Crippen molar-refractivity contribution in [3.63, 3.8) is 0 Å². The highest BCUT2D eigenvalue weighted by Crippen LogP contribution is 2.30. The molecular formula is C25H22N2O3S. The van der Waals surface area contributed by atoms with E-state index in [1.165, 1.54) is 0 Å². The van der Waals surface area contributed by atoms with Gasteiger partial charge in [0, 0.05) is 16.6 Å². The van der Waals surface area contributed by atoms with Gasteiger partial charge in [-0.15, -0.1) is 0 Å². The Morgan fingerprint density at radius 3 is 2.23 bits per heavy atom. The molecule has 31 heavy (non-hydrogen) atoms. The van der Waals surface area contributed by atoms with Gasteiger partial charge in [0.05, 0.1) is 11.9 Å². The quantitative estimate of drug-likeness (QED) is 0.473. The first kappa shape index (κ1) is 20.6. The first-order chi connectivity index (χ1) is 14.9. The molecule has 0 fully saturated rings. The maximum absolute atomic E-state index is 12.9. The lowest BCUT2D eigenvalue weighted by molar-refractivity contribution is -0.114. The Bertz CT molecular complexity index is 1330. The molecule has 0 atom stereocenters. The molecule has 6 heteroatoms. The lowest BCUT2D eigenvalue weighted by Crippen LogP contribution is -2.37. The number of fused-ring (bicyclic) bond motifs is 1. The fraction of sp³-hybridized carbons (Fsp3) is 0.0800. The van der Waals surface area contributed by atoms with Crippen LogP contribution in [0, 0.1) is 0 Å². The van der Waals surface area contributed by atoms with Gasteiger partial charge in [-0.25, -0.2) is 8.42 Å². The van der Waals surface area contributed by atoms with Gasteiger partial charge >= 0.3 is 0 Å². The van der Waals surface area contributed by atoms with E-state index in [2.05, 4.69) is 5.32 Å². The van der Waals surface area contributed by atoms with E-state index in [0.29, 0.717) is 11.4 Å². The Balaban J connectivity index is 1.65. The molecule has 0 saturated carbocycles. The maximum Gasteiger partial charge on any atom is 0.245 e. The summed E-state index contributed by atoms with van der Waals surface area (Å²) >= 11 is 0. The molecule has 0 heterocycles. The molecule has 0 aliphatic heterocycles. The third-order valence-corrected chi connectivity index (χ3v) is 6.14. The Kier molecular flexibility index (Phi) is 5.73. The van der Waals surface area contributed by atoms with E-state index in [1.807, 2.05) is 84.9 Å². The van der Waals surface area contributed by atoms with Crippen molar-refractivity contribution in [1.29, 1.82) is 0 Å². The predicted molar refractivity (Wildman–Crippen MR) is 127 cm³/mol. The number of benzene rings is 4. The number of nitrogens with one attached hydrogen (secondary N) is 1. The SMILES string of the molecule is CS(=O)(=O)N(CC(=O)Nc1ccccc1-c1ccccc1)c1cccc2ccccc12. The lowest BCUT2D eigenvalue weighted by atomic mass is 10.0. The standard InChI is InChI=1S/C25H22N2O3S/c1-31(29,30)27(24-17-9-13-20-12-5-6-15-22(20)24)18-25(28)26-23-16-8-7-14-21(23)19-10-3-2-4-11-19/h2-17H,18H2,1H3,(H,26,28). The topological polar surface area (TPSA) is 66.5 Å². The molecule has 1 N–H and O–H groups in total. The van der Waals surface area contributed by atoms with E-state index in [1.54, 1.807) is 12.1 Å². The van der Waals surface area contributed by atoms with Gasteiger partial charge in [-0.3, -0.25) is 9.10 Å². The number of amides is 1. The first-order valence-electron chi connectivity index (χ1n) is 9.83. The molecule has 5 nitrogen and oxygen atoms in total. The summed E-state index contributed by atoms with van der Waals surface area (Å²) in [6.07, 6.45) is 1.11. The van der Waals surface area contributed by atoms with Gasteiger partial charge < -0.3 is 5.32 Å². The molecule has 0 unspecified atom stereocenters. The second-order valence-corrected chi connectivity index (χ2v) is 9.13. The zero-order chi connectivity index (χ0) is 21.8. The number of sulfonamides is 1. The number of hydrogen-bond acceptors (Lipinski definition) is 3. The number of nitrogens with zero attached hydrogens (tertiary/aromatic N) is 1. The second kappa shape index (κ2) is 8.62. The number of anilines is 2. The molecule has 4 aromatic rings. The van der Waals surface area contributed by atoms with Crippen LogP contribution in [0.1, 0.15) is 0 Å². The van der Waals surface area contributed by atoms with E-state index < -0.39 is 15.9 Å². The molecule has 0 aromatic heterocycles. The first-order valence-corrected chi connectivity index (χ1v) is 11.7. The van der Waals surface area contributed by atoms with Crippen molar-refractivity contribution in [2.75, 3.05) is 22.4 Å².